The number of hydrogen-bond donors (Lipinski definition) is 1. The van der Waals surface area contributed by atoms with E-state index in [4.69, 9.17) is 15.2 Å². The van der Waals surface area contributed by atoms with Crippen LogP contribution in [-0.4, -0.2) is 24.4 Å². The number of carbonyl (C=O) groups excluding carboxylic acids is 2. The molecular weight excluding hydrogens is 294 g/mol. The number of nitrogens with two attached hydrogens (primary N) is 1. The predicted molar refractivity (Wildman–Crippen MR) is 87.0 cm³/mol. The monoisotopic (exact) mass is 313 g/mol. The van der Waals surface area contributed by atoms with Gasteiger partial charge in [0.05, 0.1) is 6.61 Å². The summed E-state index contributed by atoms with van der Waals surface area (Å²) < 4.78 is 11.0. The van der Waals surface area contributed by atoms with Crippen molar-refractivity contribution >= 4 is 11.7 Å². The Morgan fingerprint density at radius 3 is 2.00 bits per heavy atom. The molecule has 0 spiro atoms. The lowest BCUT2D eigenvalue weighted by molar-refractivity contribution is 0.0817. The second-order valence-corrected chi connectivity index (χ2v) is 4.97. The van der Waals surface area contributed by atoms with Gasteiger partial charge in [0, 0.05) is 11.1 Å². The first-order valence-electron chi connectivity index (χ1n) is 7.35. The largest absolute Gasteiger partial charge is 0.494 e. The molecule has 0 fully saturated rings. The molecule has 5 nitrogen and oxygen atoms in total. The van der Waals surface area contributed by atoms with E-state index >= 15 is 0 Å². The van der Waals surface area contributed by atoms with Gasteiger partial charge in [-0.05, 0) is 62.4 Å². The molecule has 5 heteroatoms. The molecular formula is C18H19NO4. The van der Waals surface area contributed by atoms with E-state index in [9.17, 15) is 9.59 Å². The van der Waals surface area contributed by atoms with Crippen molar-refractivity contribution in [3.63, 3.8) is 0 Å². The maximum Gasteiger partial charge on any atom is 0.248 e. The van der Waals surface area contributed by atoms with Crippen LogP contribution in [0, 0.1) is 0 Å². The van der Waals surface area contributed by atoms with Crippen LogP contribution in [0.2, 0.25) is 0 Å². The number of ether oxygens (including phenoxy) is 2. The van der Waals surface area contributed by atoms with Crippen molar-refractivity contribution in [2.45, 2.75) is 20.0 Å². The maximum absolute atomic E-state index is 12.4. The molecule has 0 aliphatic carbocycles. The van der Waals surface area contributed by atoms with Crippen LogP contribution in [0.25, 0.3) is 0 Å². The van der Waals surface area contributed by atoms with Gasteiger partial charge in [-0.15, -0.1) is 0 Å². The van der Waals surface area contributed by atoms with Crippen molar-refractivity contribution in [3.05, 3.63) is 59.7 Å². The average Bonchev–Trinajstić information content (AvgIpc) is 2.55. The van der Waals surface area contributed by atoms with Gasteiger partial charge in [0.1, 0.15) is 11.5 Å². The highest BCUT2D eigenvalue weighted by atomic mass is 16.5. The predicted octanol–water partition coefficient (Wildman–Crippen LogP) is 2.83. The summed E-state index contributed by atoms with van der Waals surface area (Å²) in [5.74, 6) is 0.587. The van der Waals surface area contributed by atoms with E-state index < -0.39 is 12.0 Å². The number of primary amides is 1. The van der Waals surface area contributed by atoms with Gasteiger partial charge in [-0.25, -0.2) is 0 Å². The summed E-state index contributed by atoms with van der Waals surface area (Å²) in [6, 6.07) is 13.3. The molecule has 0 saturated carbocycles. The minimum atomic E-state index is -0.646. The smallest absolute Gasteiger partial charge is 0.248 e. The van der Waals surface area contributed by atoms with Crippen LogP contribution >= 0.6 is 0 Å². The number of amides is 1. The van der Waals surface area contributed by atoms with Crippen molar-refractivity contribution in [2.24, 2.45) is 5.73 Å². The van der Waals surface area contributed by atoms with E-state index in [2.05, 4.69) is 0 Å². The van der Waals surface area contributed by atoms with Crippen LogP contribution in [0.3, 0.4) is 0 Å². The summed E-state index contributed by atoms with van der Waals surface area (Å²) in [6.07, 6.45) is -0.646. The van der Waals surface area contributed by atoms with Crippen molar-refractivity contribution in [1.82, 2.24) is 0 Å². The van der Waals surface area contributed by atoms with Crippen LogP contribution in [0.1, 0.15) is 34.6 Å². The third kappa shape index (κ3) is 4.32. The minimum Gasteiger partial charge on any atom is -0.494 e. The highest BCUT2D eigenvalue weighted by Crippen LogP contribution is 2.17. The average molecular weight is 313 g/mol. The van der Waals surface area contributed by atoms with Gasteiger partial charge in [-0.1, -0.05) is 0 Å². The molecule has 1 atom stereocenters. The fraction of sp³-hybridized carbons (Fsp3) is 0.222. The van der Waals surface area contributed by atoms with E-state index in [1.54, 1.807) is 55.5 Å². The molecule has 0 bridgehead atoms. The van der Waals surface area contributed by atoms with E-state index in [0.717, 1.165) is 5.75 Å². The number of rotatable bonds is 7. The topological polar surface area (TPSA) is 78.6 Å². The molecule has 1 amide bonds. The molecule has 23 heavy (non-hydrogen) atoms. The zero-order valence-corrected chi connectivity index (χ0v) is 13.1. The summed E-state index contributed by atoms with van der Waals surface area (Å²) in [6.45, 7) is 4.16. The standard InChI is InChI=1S/C18H19NO4/c1-3-22-15-8-4-13(5-9-15)17(20)12(2)23-16-10-6-14(7-11-16)18(19)21/h4-12H,3H2,1-2H3,(H2,19,21)/t12-/m0/s1. The van der Waals surface area contributed by atoms with Crippen LogP contribution in [0.5, 0.6) is 11.5 Å². The number of Topliss-reactive ketones (excluding diaryl/α,β-unsaturated/α-hetero) is 1. The zero-order chi connectivity index (χ0) is 16.8. The lowest BCUT2D eigenvalue weighted by atomic mass is 10.1. The number of ketones is 1. The fourth-order valence-electron chi connectivity index (χ4n) is 2.07. The van der Waals surface area contributed by atoms with Crippen LogP contribution in [0.15, 0.2) is 48.5 Å². The summed E-state index contributed by atoms with van der Waals surface area (Å²) in [5.41, 5.74) is 6.12. The quantitative estimate of drug-likeness (QED) is 0.797. The maximum atomic E-state index is 12.4. The molecule has 2 aromatic rings. The molecule has 0 aliphatic rings. The van der Waals surface area contributed by atoms with Crippen molar-refractivity contribution < 1.29 is 19.1 Å². The van der Waals surface area contributed by atoms with Crippen molar-refractivity contribution in [2.75, 3.05) is 6.61 Å². The first kappa shape index (κ1) is 16.5. The third-order valence-corrected chi connectivity index (χ3v) is 3.27. The molecule has 0 heterocycles. The zero-order valence-electron chi connectivity index (χ0n) is 13.1. The SMILES string of the molecule is CCOc1ccc(C(=O)[C@H](C)Oc2ccc(C(N)=O)cc2)cc1. The van der Waals surface area contributed by atoms with Crippen LogP contribution in [0.4, 0.5) is 0 Å². The Morgan fingerprint density at radius 1 is 0.957 bits per heavy atom. The Labute approximate surface area is 135 Å². The first-order chi connectivity index (χ1) is 11.0. The van der Waals surface area contributed by atoms with Gasteiger partial charge >= 0.3 is 0 Å². The molecule has 120 valence electrons. The molecule has 0 unspecified atom stereocenters. The van der Waals surface area contributed by atoms with Crippen molar-refractivity contribution in [3.8, 4) is 11.5 Å². The van der Waals surface area contributed by atoms with Gasteiger partial charge in [-0.3, -0.25) is 9.59 Å². The van der Waals surface area contributed by atoms with Gasteiger partial charge in [-0.2, -0.15) is 0 Å². The Kier molecular flexibility index (Phi) is 5.36. The second kappa shape index (κ2) is 7.45. The van der Waals surface area contributed by atoms with E-state index in [1.165, 1.54) is 0 Å². The summed E-state index contributed by atoms with van der Waals surface area (Å²) in [4.78, 5) is 23.4. The van der Waals surface area contributed by atoms with Crippen LogP contribution < -0.4 is 15.2 Å². The van der Waals surface area contributed by atoms with E-state index in [-0.39, 0.29) is 5.78 Å². The molecule has 0 radical (unpaired) electrons. The lowest BCUT2D eigenvalue weighted by Crippen LogP contribution is -2.24. The minimum absolute atomic E-state index is 0.132. The molecule has 2 aromatic carbocycles. The van der Waals surface area contributed by atoms with E-state index in [0.29, 0.717) is 23.5 Å². The highest BCUT2D eigenvalue weighted by Gasteiger charge is 2.17. The summed E-state index contributed by atoms with van der Waals surface area (Å²) in [5, 5.41) is 0. The molecule has 2 N–H and O–H groups in total. The number of hydrogen-bond acceptors (Lipinski definition) is 4. The Bertz CT molecular complexity index is 677. The summed E-state index contributed by atoms with van der Waals surface area (Å²) >= 11 is 0. The van der Waals surface area contributed by atoms with Gasteiger partial charge in [0.2, 0.25) is 11.7 Å². The molecule has 0 aromatic heterocycles. The van der Waals surface area contributed by atoms with E-state index in [1.807, 2.05) is 6.92 Å². The Morgan fingerprint density at radius 2 is 1.48 bits per heavy atom. The van der Waals surface area contributed by atoms with Crippen molar-refractivity contribution in [1.29, 1.82) is 0 Å². The number of benzene rings is 2. The van der Waals surface area contributed by atoms with Crippen LogP contribution in [-0.2, 0) is 0 Å². The van der Waals surface area contributed by atoms with Gasteiger partial charge < -0.3 is 15.2 Å². The van der Waals surface area contributed by atoms with Gasteiger partial charge in [0.15, 0.2) is 6.10 Å². The Balaban J connectivity index is 2.02. The Hall–Kier alpha value is -2.82. The molecule has 2 rings (SSSR count). The van der Waals surface area contributed by atoms with Gasteiger partial charge in [0.25, 0.3) is 0 Å². The normalized spacial score (nSPS) is 11.6. The molecule has 0 aliphatic heterocycles. The summed E-state index contributed by atoms with van der Waals surface area (Å²) in [7, 11) is 0. The molecule has 0 saturated heterocycles. The first-order valence-corrected chi connectivity index (χ1v) is 7.35. The third-order valence-electron chi connectivity index (χ3n) is 3.27. The highest BCUT2D eigenvalue weighted by molar-refractivity contribution is 5.99. The fourth-order valence-corrected chi connectivity index (χ4v) is 2.07. The second-order valence-electron chi connectivity index (χ2n) is 4.97. The number of carbonyl (C=O) groups is 2. The lowest BCUT2D eigenvalue weighted by Gasteiger charge is -2.14.